The molecule has 0 radical (unpaired) electrons. The van der Waals surface area contributed by atoms with Gasteiger partial charge < -0.3 is 31.6 Å². The Morgan fingerprint density at radius 2 is 1.94 bits per heavy atom. The van der Waals surface area contributed by atoms with E-state index in [1.165, 1.54) is 23.1 Å². The number of carbonyl (C=O) groups is 5. The topological polar surface area (TPSA) is 173 Å². The Morgan fingerprint density at radius 3 is 2.45 bits per heavy atom. The number of likely N-dealkylation sites (tertiary alicyclic amines) is 1. The number of ketones is 1. The zero-order chi connectivity index (χ0) is 25.1. The molecule has 10 nitrogen and oxygen atoms in total. The Kier molecular flexibility index (Phi) is 7.87. The van der Waals surface area contributed by atoms with E-state index in [9.17, 15) is 29.1 Å². The van der Waals surface area contributed by atoms with Crippen molar-refractivity contribution in [3.63, 3.8) is 0 Å². The largest absolute Gasteiger partial charge is 0.480 e. The van der Waals surface area contributed by atoms with Crippen LogP contribution < -0.4 is 16.8 Å². The molecule has 1 fully saturated rings. The van der Waals surface area contributed by atoms with Crippen molar-refractivity contribution in [3.05, 3.63) is 28.8 Å². The molecule has 1 aromatic rings. The molecule has 1 saturated heterocycles. The van der Waals surface area contributed by atoms with Gasteiger partial charge in [-0.15, -0.1) is 0 Å². The molecular weight excluding hydrogens is 452 g/mol. The van der Waals surface area contributed by atoms with Crippen LogP contribution in [0.5, 0.6) is 0 Å². The molecule has 0 spiro atoms. The Labute approximate surface area is 196 Å². The fourth-order valence-corrected chi connectivity index (χ4v) is 3.90. The number of Topliss-reactive ketones (excluding diaryl/α,β-unsaturated/α-hetero) is 1. The first-order valence-corrected chi connectivity index (χ1v) is 10.8. The Bertz CT molecular complexity index is 976. The number of benzene rings is 1. The summed E-state index contributed by atoms with van der Waals surface area (Å²) in [6, 6.07) is 2.16. The molecule has 1 heterocycles. The van der Waals surface area contributed by atoms with Crippen molar-refractivity contribution in [2.75, 3.05) is 12.3 Å². The number of halogens is 1. The first kappa shape index (κ1) is 26.3. The van der Waals surface area contributed by atoms with Crippen molar-refractivity contribution in [1.82, 2.24) is 10.2 Å². The number of rotatable bonds is 8. The molecule has 180 valence electrons. The zero-order valence-electron chi connectivity index (χ0n) is 18.8. The maximum Gasteiger partial charge on any atom is 0.332 e. The number of aldehydes is 1. The molecule has 11 heteroatoms. The number of nitrogens with zero attached hydrogens (tertiary/aromatic N) is 1. The summed E-state index contributed by atoms with van der Waals surface area (Å²) in [5, 5.41) is 12.3. The van der Waals surface area contributed by atoms with E-state index in [0.29, 0.717) is 12.1 Å². The molecule has 0 saturated carbocycles. The summed E-state index contributed by atoms with van der Waals surface area (Å²) in [5.41, 5.74) is 8.76. The van der Waals surface area contributed by atoms with Crippen molar-refractivity contribution in [3.8, 4) is 0 Å². The summed E-state index contributed by atoms with van der Waals surface area (Å²) in [4.78, 5) is 63.2. The molecule has 0 aromatic heterocycles. The molecule has 1 aliphatic heterocycles. The Morgan fingerprint density at radius 1 is 1.30 bits per heavy atom. The second-order valence-electron chi connectivity index (χ2n) is 9.21. The second kappa shape index (κ2) is 9.88. The molecule has 0 aliphatic carbocycles. The Hall–Kier alpha value is -2.98. The van der Waals surface area contributed by atoms with Gasteiger partial charge in [0.1, 0.15) is 12.3 Å². The van der Waals surface area contributed by atoms with Crippen LogP contribution in [0.4, 0.5) is 5.69 Å². The van der Waals surface area contributed by atoms with Crippen molar-refractivity contribution in [1.29, 1.82) is 0 Å². The lowest BCUT2D eigenvalue weighted by Crippen LogP contribution is -2.63. The van der Waals surface area contributed by atoms with Gasteiger partial charge >= 0.3 is 5.97 Å². The van der Waals surface area contributed by atoms with Crippen LogP contribution in [-0.2, 0) is 19.2 Å². The first-order chi connectivity index (χ1) is 15.2. The normalized spacial score (nSPS) is 18.8. The number of anilines is 1. The minimum Gasteiger partial charge on any atom is -0.480 e. The van der Waals surface area contributed by atoms with Crippen LogP contribution in [0.1, 0.15) is 50.4 Å². The van der Waals surface area contributed by atoms with Gasteiger partial charge in [0.2, 0.25) is 5.91 Å². The molecule has 1 aliphatic rings. The smallest absolute Gasteiger partial charge is 0.332 e. The van der Waals surface area contributed by atoms with E-state index in [-0.39, 0.29) is 29.8 Å². The SMILES string of the molecule is CC(C)(C)C(NC(=O)c1ccc(N)c(Cl)c1)C(=O)N1CCCC1C(=O)C(N)(CC=O)C(=O)O. The number of hydrogen-bond donors (Lipinski definition) is 4. The highest BCUT2D eigenvalue weighted by Crippen LogP contribution is 2.29. The van der Waals surface area contributed by atoms with Crippen molar-refractivity contribution >= 4 is 47.1 Å². The van der Waals surface area contributed by atoms with Crippen LogP contribution in [0.25, 0.3) is 0 Å². The highest BCUT2D eigenvalue weighted by atomic mass is 35.5. The number of nitrogen functional groups attached to an aromatic ring is 1. The number of aliphatic carboxylic acids is 1. The van der Waals surface area contributed by atoms with E-state index in [0.717, 1.165) is 0 Å². The predicted octanol–water partition coefficient (Wildman–Crippen LogP) is 0.998. The number of hydrogen-bond acceptors (Lipinski definition) is 7. The first-order valence-electron chi connectivity index (χ1n) is 10.4. The standard InChI is InChI=1S/C22H29ClN4O6/c1-21(2,3)16(26-18(30)12-6-7-14(24)13(23)11-12)19(31)27-9-4-5-15(27)17(29)22(25,8-10-28)20(32)33/h6-7,10-11,15-16H,4-5,8-9,24-25H2,1-3H3,(H,26,30)(H,32,33). The maximum atomic E-state index is 13.5. The van der Waals surface area contributed by atoms with Crippen molar-refractivity contribution in [2.45, 2.75) is 57.7 Å². The molecule has 1 aromatic carbocycles. The van der Waals surface area contributed by atoms with Gasteiger partial charge in [-0.2, -0.15) is 0 Å². The number of carboxylic acid groups (broad SMARTS) is 1. The molecule has 2 amide bonds. The average molecular weight is 481 g/mol. The lowest BCUT2D eigenvalue weighted by atomic mass is 9.84. The van der Waals surface area contributed by atoms with Gasteiger partial charge in [0, 0.05) is 18.5 Å². The average Bonchev–Trinajstić information content (AvgIpc) is 3.21. The van der Waals surface area contributed by atoms with Crippen LogP contribution in [0.15, 0.2) is 18.2 Å². The van der Waals surface area contributed by atoms with Gasteiger partial charge in [0.15, 0.2) is 11.3 Å². The van der Waals surface area contributed by atoms with Gasteiger partial charge in [-0.3, -0.25) is 14.4 Å². The molecule has 3 unspecified atom stereocenters. The van der Waals surface area contributed by atoms with Gasteiger partial charge in [0.05, 0.1) is 16.8 Å². The van der Waals surface area contributed by atoms with Crippen LogP contribution >= 0.6 is 11.6 Å². The number of nitrogens with two attached hydrogens (primary N) is 2. The van der Waals surface area contributed by atoms with E-state index in [2.05, 4.69) is 5.32 Å². The van der Waals surface area contributed by atoms with Gasteiger partial charge in [-0.1, -0.05) is 32.4 Å². The lowest BCUT2D eigenvalue weighted by molar-refractivity contribution is -0.153. The molecule has 2 rings (SSSR count). The lowest BCUT2D eigenvalue weighted by Gasteiger charge is -2.36. The summed E-state index contributed by atoms with van der Waals surface area (Å²) in [6.07, 6.45) is 0.200. The molecule has 33 heavy (non-hydrogen) atoms. The summed E-state index contributed by atoms with van der Waals surface area (Å²) in [7, 11) is 0. The summed E-state index contributed by atoms with van der Waals surface area (Å²) < 4.78 is 0. The molecule has 6 N–H and O–H groups in total. The quantitative estimate of drug-likeness (QED) is 0.242. The third kappa shape index (κ3) is 5.51. The van der Waals surface area contributed by atoms with Crippen LogP contribution in [0.2, 0.25) is 5.02 Å². The third-order valence-electron chi connectivity index (χ3n) is 5.72. The fourth-order valence-electron chi connectivity index (χ4n) is 3.72. The number of amides is 2. The highest BCUT2D eigenvalue weighted by molar-refractivity contribution is 6.33. The Balaban J connectivity index is 2.33. The molecular formula is C22H29ClN4O6. The second-order valence-corrected chi connectivity index (χ2v) is 9.62. The van der Waals surface area contributed by atoms with E-state index >= 15 is 0 Å². The van der Waals surface area contributed by atoms with E-state index < -0.39 is 53.0 Å². The van der Waals surface area contributed by atoms with E-state index in [1.54, 1.807) is 20.8 Å². The monoisotopic (exact) mass is 480 g/mol. The predicted molar refractivity (Wildman–Crippen MR) is 122 cm³/mol. The fraction of sp³-hybridized carbons (Fsp3) is 0.500. The van der Waals surface area contributed by atoms with E-state index in [1.807, 2.05) is 0 Å². The summed E-state index contributed by atoms with van der Waals surface area (Å²) in [5.74, 6) is -3.67. The minimum atomic E-state index is -2.43. The van der Waals surface area contributed by atoms with Crippen molar-refractivity contribution < 1.29 is 29.1 Å². The van der Waals surface area contributed by atoms with Gasteiger partial charge in [-0.05, 0) is 36.5 Å². The van der Waals surface area contributed by atoms with Gasteiger partial charge in [-0.25, -0.2) is 4.79 Å². The molecule has 3 atom stereocenters. The highest BCUT2D eigenvalue weighted by Gasteiger charge is 2.50. The van der Waals surface area contributed by atoms with Crippen LogP contribution in [0.3, 0.4) is 0 Å². The number of nitrogens with one attached hydrogen (secondary N) is 1. The zero-order valence-corrected chi connectivity index (χ0v) is 19.5. The summed E-state index contributed by atoms with van der Waals surface area (Å²) in [6.45, 7) is 5.42. The van der Waals surface area contributed by atoms with Crippen LogP contribution in [0, 0.1) is 5.41 Å². The number of carbonyl (C=O) groups excluding carboxylic acids is 4. The van der Waals surface area contributed by atoms with Gasteiger partial charge in [0.25, 0.3) is 5.91 Å². The third-order valence-corrected chi connectivity index (χ3v) is 6.04. The molecule has 0 bridgehead atoms. The number of carboxylic acids is 1. The summed E-state index contributed by atoms with van der Waals surface area (Å²) >= 11 is 6.00. The van der Waals surface area contributed by atoms with E-state index in [4.69, 9.17) is 23.1 Å². The van der Waals surface area contributed by atoms with Crippen molar-refractivity contribution in [2.24, 2.45) is 11.1 Å². The maximum absolute atomic E-state index is 13.5. The van der Waals surface area contributed by atoms with Crippen LogP contribution in [-0.4, -0.2) is 64.0 Å². The minimum absolute atomic E-state index is 0.183.